The molecule has 1 amide bonds. The molecule has 0 aliphatic rings. The average Bonchev–Trinajstić information content (AvgIpc) is 2.32. The van der Waals surface area contributed by atoms with E-state index in [1.54, 1.807) is 30.0 Å². The summed E-state index contributed by atoms with van der Waals surface area (Å²) < 4.78 is 0.753. The lowest BCUT2D eigenvalue weighted by Gasteiger charge is -2.07. The van der Waals surface area contributed by atoms with Gasteiger partial charge in [0.25, 0.3) is 5.91 Å². The number of nitrogens with two attached hydrogens (primary N) is 1. The van der Waals surface area contributed by atoms with Crippen LogP contribution in [0.5, 0.6) is 0 Å². The lowest BCUT2D eigenvalue weighted by molar-refractivity contribution is 0.0955. The molecule has 0 aliphatic carbocycles. The molecule has 1 aromatic carbocycles. The van der Waals surface area contributed by atoms with Crippen molar-refractivity contribution in [2.24, 2.45) is 0 Å². The van der Waals surface area contributed by atoms with Crippen molar-refractivity contribution in [2.75, 3.05) is 23.8 Å². The highest BCUT2D eigenvalue weighted by Crippen LogP contribution is 2.19. The first-order chi connectivity index (χ1) is 8.15. The van der Waals surface area contributed by atoms with Crippen LogP contribution in [0.15, 0.2) is 35.3 Å². The molecule has 1 rings (SSSR count). The maximum atomic E-state index is 11.8. The van der Waals surface area contributed by atoms with Gasteiger partial charge in [-0.2, -0.15) is 11.8 Å². The lowest BCUT2D eigenvalue weighted by Crippen LogP contribution is -2.26. The lowest BCUT2D eigenvalue weighted by atomic mass is 10.2. The quantitative estimate of drug-likeness (QED) is 0.482. The van der Waals surface area contributed by atoms with Crippen molar-refractivity contribution in [3.8, 4) is 0 Å². The minimum atomic E-state index is -0.108. The standard InChI is InChI=1S/C12H15BrN2OS/c1-2-6-17-7-5-15-12(16)10-8-9(14)3-4-11(10)13/h2-4,8H,1,5-7,14H2,(H,15,16). The number of halogens is 1. The van der Waals surface area contributed by atoms with Gasteiger partial charge in [-0.1, -0.05) is 6.08 Å². The van der Waals surface area contributed by atoms with Crippen LogP contribution in [0.3, 0.4) is 0 Å². The SMILES string of the molecule is C=CCSCCNC(=O)c1cc(N)ccc1Br. The zero-order valence-electron chi connectivity index (χ0n) is 9.41. The molecule has 0 unspecified atom stereocenters. The van der Waals surface area contributed by atoms with E-state index >= 15 is 0 Å². The van der Waals surface area contributed by atoms with E-state index in [-0.39, 0.29) is 5.91 Å². The van der Waals surface area contributed by atoms with Gasteiger partial charge in [-0.15, -0.1) is 6.58 Å². The Morgan fingerprint density at radius 3 is 3.06 bits per heavy atom. The van der Waals surface area contributed by atoms with Crippen LogP contribution in [0.4, 0.5) is 5.69 Å². The number of benzene rings is 1. The Morgan fingerprint density at radius 2 is 2.35 bits per heavy atom. The molecule has 5 heteroatoms. The Balaban J connectivity index is 2.46. The maximum Gasteiger partial charge on any atom is 0.252 e. The van der Waals surface area contributed by atoms with Gasteiger partial charge in [0.1, 0.15) is 0 Å². The molecule has 3 nitrogen and oxygen atoms in total. The molecule has 0 saturated heterocycles. The van der Waals surface area contributed by atoms with Gasteiger partial charge >= 0.3 is 0 Å². The van der Waals surface area contributed by atoms with Gasteiger partial charge in [-0.3, -0.25) is 4.79 Å². The van der Waals surface area contributed by atoms with Crippen molar-refractivity contribution in [2.45, 2.75) is 0 Å². The van der Waals surface area contributed by atoms with Gasteiger partial charge in [0.05, 0.1) is 5.56 Å². The highest BCUT2D eigenvalue weighted by atomic mass is 79.9. The molecule has 0 spiro atoms. The highest BCUT2D eigenvalue weighted by molar-refractivity contribution is 9.10. The van der Waals surface area contributed by atoms with Crippen LogP contribution >= 0.6 is 27.7 Å². The first kappa shape index (κ1) is 14.1. The zero-order chi connectivity index (χ0) is 12.7. The third kappa shape index (κ3) is 4.83. The molecular weight excluding hydrogens is 300 g/mol. The number of hydrogen-bond donors (Lipinski definition) is 2. The third-order valence-electron chi connectivity index (χ3n) is 2.00. The Morgan fingerprint density at radius 1 is 1.59 bits per heavy atom. The van der Waals surface area contributed by atoms with Crippen LogP contribution in [0.1, 0.15) is 10.4 Å². The predicted molar refractivity (Wildman–Crippen MR) is 78.4 cm³/mol. The number of nitrogens with one attached hydrogen (secondary N) is 1. The van der Waals surface area contributed by atoms with E-state index in [1.807, 2.05) is 6.08 Å². The second-order valence-electron chi connectivity index (χ2n) is 3.36. The number of carbonyl (C=O) groups is 1. The van der Waals surface area contributed by atoms with Gasteiger partial charge in [-0.25, -0.2) is 0 Å². The van der Waals surface area contributed by atoms with Crippen molar-refractivity contribution >= 4 is 39.3 Å². The minimum Gasteiger partial charge on any atom is -0.399 e. The van der Waals surface area contributed by atoms with Crippen LogP contribution in [0.25, 0.3) is 0 Å². The Kier molecular flexibility index (Phi) is 6.15. The number of anilines is 1. The Labute approximate surface area is 114 Å². The molecule has 0 atom stereocenters. The molecule has 0 aromatic heterocycles. The van der Waals surface area contributed by atoms with Crippen molar-refractivity contribution in [3.05, 3.63) is 40.9 Å². The van der Waals surface area contributed by atoms with Gasteiger partial charge < -0.3 is 11.1 Å². The summed E-state index contributed by atoms with van der Waals surface area (Å²) in [4.78, 5) is 11.8. The summed E-state index contributed by atoms with van der Waals surface area (Å²) in [6, 6.07) is 5.19. The number of carbonyl (C=O) groups excluding carboxylic acids is 1. The fourth-order valence-electron chi connectivity index (χ4n) is 1.22. The van der Waals surface area contributed by atoms with Crippen LogP contribution in [0, 0.1) is 0 Å². The fraction of sp³-hybridized carbons (Fsp3) is 0.250. The molecule has 3 N–H and O–H groups in total. The number of hydrogen-bond acceptors (Lipinski definition) is 3. The average molecular weight is 315 g/mol. The number of nitrogen functional groups attached to an aromatic ring is 1. The summed E-state index contributed by atoms with van der Waals surface area (Å²) in [5.74, 6) is 1.67. The van der Waals surface area contributed by atoms with E-state index in [0.717, 1.165) is 16.0 Å². The Hall–Kier alpha value is -0.940. The molecular formula is C12H15BrN2OS. The monoisotopic (exact) mass is 314 g/mol. The van der Waals surface area contributed by atoms with Crippen LogP contribution < -0.4 is 11.1 Å². The minimum absolute atomic E-state index is 0.108. The molecule has 0 aliphatic heterocycles. The summed E-state index contributed by atoms with van der Waals surface area (Å²) in [5.41, 5.74) is 6.79. The maximum absolute atomic E-state index is 11.8. The number of rotatable bonds is 6. The molecule has 1 aromatic rings. The smallest absolute Gasteiger partial charge is 0.252 e. The first-order valence-electron chi connectivity index (χ1n) is 5.17. The Bertz CT molecular complexity index is 409. The fourth-order valence-corrected chi connectivity index (χ4v) is 2.22. The van der Waals surface area contributed by atoms with E-state index in [1.165, 1.54) is 0 Å². The van der Waals surface area contributed by atoms with E-state index in [4.69, 9.17) is 5.73 Å². The largest absolute Gasteiger partial charge is 0.399 e. The summed E-state index contributed by atoms with van der Waals surface area (Å²) >= 11 is 5.06. The summed E-state index contributed by atoms with van der Waals surface area (Å²) in [6.45, 7) is 4.27. The highest BCUT2D eigenvalue weighted by Gasteiger charge is 2.09. The van der Waals surface area contributed by atoms with Crippen LogP contribution in [-0.2, 0) is 0 Å². The molecule has 0 bridgehead atoms. The summed E-state index contributed by atoms with van der Waals surface area (Å²) in [7, 11) is 0. The number of thioether (sulfide) groups is 1. The first-order valence-corrected chi connectivity index (χ1v) is 7.11. The summed E-state index contributed by atoms with van der Waals surface area (Å²) in [5, 5.41) is 2.85. The third-order valence-corrected chi connectivity index (χ3v) is 3.66. The predicted octanol–water partition coefficient (Wildman–Crippen LogP) is 2.68. The van der Waals surface area contributed by atoms with Crippen molar-refractivity contribution in [3.63, 3.8) is 0 Å². The molecule has 0 radical (unpaired) electrons. The van der Waals surface area contributed by atoms with E-state index < -0.39 is 0 Å². The van der Waals surface area contributed by atoms with Crippen molar-refractivity contribution < 1.29 is 4.79 Å². The number of amides is 1. The molecule has 0 saturated carbocycles. The molecule has 0 heterocycles. The van der Waals surface area contributed by atoms with Gasteiger partial charge in [-0.05, 0) is 34.1 Å². The van der Waals surface area contributed by atoms with Crippen molar-refractivity contribution in [1.82, 2.24) is 5.32 Å². The van der Waals surface area contributed by atoms with Gasteiger partial charge in [0.15, 0.2) is 0 Å². The molecule has 17 heavy (non-hydrogen) atoms. The normalized spacial score (nSPS) is 9.94. The van der Waals surface area contributed by atoms with Crippen LogP contribution in [0.2, 0.25) is 0 Å². The van der Waals surface area contributed by atoms with Crippen molar-refractivity contribution in [1.29, 1.82) is 0 Å². The molecule has 0 fully saturated rings. The second-order valence-corrected chi connectivity index (χ2v) is 5.36. The van der Waals surface area contributed by atoms with Gasteiger partial charge in [0.2, 0.25) is 0 Å². The van der Waals surface area contributed by atoms with Crippen LogP contribution in [-0.4, -0.2) is 24.0 Å². The van der Waals surface area contributed by atoms with E-state index in [9.17, 15) is 4.79 Å². The second kappa shape index (κ2) is 7.40. The van der Waals surface area contributed by atoms with E-state index in [0.29, 0.717) is 17.8 Å². The zero-order valence-corrected chi connectivity index (χ0v) is 11.8. The summed E-state index contributed by atoms with van der Waals surface area (Å²) in [6.07, 6.45) is 1.85. The topological polar surface area (TPSA) is 55.1 Å². The van der Waals surface area contributed by atoms with Gasteiger partial charge in [0, 0.05) is 28.2 Å². The van der Waals surface area contributed by atoms with E-state index in [2.05, 4.69) is 27.8 Å². The molecule has 92 valence electrons.